The lowest BCUT2D eigenvalue weighted by molar-refractivity contribution is 0.102. The van der Waals surface area contributed by atoms with Crippen molar-refractivity contribution in [1.82, 2.24) is 10.2 Å². The maximum atomic E-state index is 12.8. The van der Waals surface area contributed by atoms with E-state index in [1.807, 2.05) is 0 Å². The highest BCUT2D eigenvalue weighted by atomic mass is 19.1. The van der Waals surface area contributed by atoms with Crippen LogP contribution in [-0.2, 0) is 4.74 Å². The Morgan fingerprint density at radius 3 is 2.45 bits per heavy atom. The molecule has 6 nitrogen and oxygen atoms in total. The van der Waals surface area contributed by atoms with Crippen molar-refractivity contribution in [3.05, 3.63) is 47.8 Å². The van der Waals surface area contributed by atoms with Crippen molar-refractivity contribution in [3.63, 3.8) is 0 Å². The molecule has 116 valence electrons. The zero-order chi connectivity index (χ0) is 15.8. The second kappa shape index (κ2) is 8.04. The van der Waals surface area contributed by atoms with E-state index in [9.17, 15) is 9.18 Å². The van der Waals surface area contributed by atoms with Crippen LogP contribution in [0.25, 0.3) is 0 Å². The average Bonchev–Trinajstić information content (AvgIpc) is 2.54. The summed E-state index contributed by atoms with van der Waals surface area (Å²) in [5.41, 5.74) is 0.352. The second-order valence-corrected chi connectivity index (χ2v) is 4.54. The molecule has 0 radical (unpaired) electrons. The molecule has 0 aliphatic carbocycles. The minimum absolute atomic E-state index is 0.330. The summed E-state index contributed by atoms with van der Waals surface area (Å²) in [5.74, 6) is 0.197. The molecule has 0 atom stereocenters. The monoisotopic (exact) mass is 304 g/mol. The van der Waals surface area contributed by atoms with Gasteiger partial charge in [0.1, 0.15) is 11.6 Å². The quantitative estimate of drug-likeness (QED) is 0.768. The van der Waals surface area contributed by atoms with Crippen LogP contribution in [0.2, 0.25) is 0 Å². The third-order valence-electron chi connectivity index (χ3n) is 2.84. The largest absolute Gasteiger partial charge is 0.385 e. The highest BCUT2D eigenvalue weighted by molar-refractivity contribution is 6.03. The molecule has 0 spiro atoms. The first-order valence-corrected chi connectivity index (χ1v) is 6.82. The maximum absolute atomic E-state index is 12.8. The van der Waals surface area contributed by atoms with Crippen LogP contribution in [0.4, 0.5) is 16.0 Å². The van der Waals surface area contributed by atoms with Gasteiger partial charge in [-0.3, -0.25) is 4.79 Å². The molecule has 0 fully saturated rings. The topological polar surface area (TPSA) is 76.1 Å². The molecule has 2 rings (SSSR count). The molecule has 22 heavy (non-hydrogen) atoms. The van der Waals surface area contributed by atoms with E-state index in [0.29, 0.717) is 23.8 Å². The summed E-state index contributed by atoms with van der Waals surface area (Å²) in [4.78, 5) is 11.9. The Morgan fingerprint density at radius 2 is 1.82 bits per heavy atom. The number of nitrogens with one attached hydrogen (secondary N) is 2. The minimum atomic E-state index is -0.389. The standard InChI is InChI=1S/C15H17FN4O2/c1-22-10-2-9-17-13-7-8-14(20-19-13)18-15(21)11-3-5-12(16)6-4-11/h3-8H,2,9-10H2,1H3,(H,17,19)(H,18,20,21). The molecule has 1 heterocycles. The van der Waals surface area contributed by atoms with Gasteiger partial charge in [-0.2, -0.15) is 0 Å². The molecule has 0 unspecified atom stereocenters. The summed E-state index contributed by atoms with van der Waals surface area (Å²) in [6, 6.07) is 8.64. The fourth-order valence-electron chi connectivity index (χ4n) is 1.72. The van der Waals surface area contributed by atoms with Crippen LogP contribution in [-0.4, -0.2) is 36.4 Å². The fraction of sp³-hybridized carbons (Fsp3) is 0.267. The molecular weight excluding hydrogens is 287 g/mol. The summed E-state index contributed by atoms with van der Waals surface area (Å²) in [6.07, 6.45) is 0.862. The van der Waals surface area contributed by atoms with E-state index in [0.717, 1.165) is 13.0 Å². The van der Waals surface area contributed by atoms with Crippen molar-refractivity contribution in [1.29, 1.82) is 0 Å². The first kappa shape index (κ1) is 15.8. The average molecular weight is 304 g/mol. The van der Waals surface area contributed by atoms with Gasteiger partial charge in [0.05, 0.1) is 0 Å². The lowest BCUT2D eigenvalue weighted by atomic mass is 10.2. The van der Waals surface area contributed by atoms with E-state index in [1.54, 1.807) is 19.2 Å². The van der Waals surface area contributed by atoms with Gasteiger partial charge in [0.2, 0.25) is 0 Å². The Kier molecular flexibility index (Phi) is 5.79. The van der Waals surface area contributed by atoms with E-state index in [-0.39, 0.29) is 11.7 Å². The summed E-state index contributed by atoms with van der Waals surface area (Å²) in [6.45, 7) is 1.40. The van der Waals surface area contributed by atoms with Crippen LogP contribution in [0.3, 0.4) is 0 Å². The molecule has 0 aliphatic heterocycles. The molecule has 1 amide bonds. The number of aromatic nitrogens is 2. The van der Waals surface area contributed by atoms with Gasteiger partial charge in [-0.1, -0.05) is 0 Å². The van der Waals surface area contributed by atoms with Crippen LogP contribution in [0.15, 0.2) is 36.4 Å². The van der Waals surface area contributed by atoms with Crippen LogP contribution in [0, 0.1) is 5.82 Å². The van der Waals surface area contributed by atoms with Gasteiger partial charge in [-0.25, -0.2) is 4.39 Å². The Labute approximate surface area is 127 Å². The van der Waals surface area contributed by atoms with Gasteiger partial charge < -0.3 is 15.4 Å². The van der Waals surface area contributed by atoms with E-state index in [1.165, 1.54) is 24.3 Å². The highest BCUT2D eigenvalue weighted by Crippen LogP contribution is 2.09. The summed E-state index contributed by atoms with van der Waals surface area (Å²) in [7, 11) is 1.65. The number of amides is 1. The predicted octanol–water partition coefficient (Wildman–Crippen LogP) is 2.32. The highest BCUT2D eigenvalue weighted by Gasteiger charge is 2.07. The van der Waals surface area contributed by atoms with Crippen LogP contribution in [0.1, 0.15) is 16.8 Å². The number of ether oxygens (including phenoxy) is 1. The van der Waals surface area contributed by atoms with Gasteiger partial charge in [0, 0.05) is 25.8 Å². The molecule has 1 aromatic heterocycles. The number of hydrogen-bond acceptors (Lipinski definition) is 5. The number of benzene rings is 1. The molecule has 0 aliphatic rings. The van der Waals surface area contributed by atoms with Crippen molar-refractivity contribution in [2.75, 3.05) is 30.9 Å². The summed E-state index contributed by atoms with van der Waals surface area (Å²) in [5, 5.41) is 13.6. The van der Waals surface area contributed by atoms with E-state index in [2.05, 4.69) is 20.8 Å². The number of methoxy groups -OCH3 is 1. The lowest BCUT2D eigenvalue weighted by Crippen LogP contribution is -2.14. The number of halogens is 1. The van der Waals surface area contributed by atoms with Gasteiger partial charge in [-0.15, -0.1) is 10.2 Å². The second-order valence-electron chi connectivity index (χ2n) is 4.54. The summed E-state index contributed by atoms with van der Waals surface area (Å²) < 4.78 is 17.7. The number of rotatable bonds is 7. The SMILES string of the molecule is COCCCNc1ccc(NC(=O)c2ccc(F)cc2)nn1. The van der Waals surface area contributed by atoms with Crippen molar-refractivity contribution < 1.29 is 13.9 Å². The maximum Gasteiger partial charge on any atom is 0.256 e. The first-order chi connectivity index (χ1) is 10.7. The molecule has 7 heteroatoms. The number of anilines is 2. The molecule has 1 aromatic carbocycles. The zero-order valence-electron chi connectivity index (χ0n) is 12.2. The fourth-order valence-corrected chi connectivity index (χ4v) is 1.72. The van der Waals surface area contributed by atoms with Gasteiger partial charge in [0.25, 0.3) is 5.91 Å². The van der Waals surface area contributed by atoms with E-state index in [4.69, 9.17) is 4.74 Å². The van der Waals surface area contributed by atoms with Crippen molar-refractivity contribution >= 4 is 17.5 Å². The van der Waals surface area contributed by atoms with E-state index >= 15 is 0 Å². The van der Waals surface area contributed by atoms with Crippen LogP contribution < -0.4 is 10.6 Å². The Balaban J connectivity index is 1.88. The molecule has 0 saturated heterocycles. The third-order valence-corrected chi connectivity index (χ3v) is 2.84. The Morgan fingerprint density at radius 1 is 1.14 bits per heavy atom. The normalized spacial score (nSPS) is 10.3. The molecular formula is C15H17FN4O2. The van der Waals surface area contributed by atoms with Crippen molar-refractivity contribution in [2.45, 2.75) is 6.42 Å². The summed E-state index contributed by atoms with van der Waals surface area (Å²) >= 11 is 0. The molecule has 2 N–H and O–H groups in total. The number of carbonyl (C=O) groups excluding carboxylic acids is 1. The number of nitrogens with zero attached hydrogens (tertiary/aromatic N) is 2. The van der Waals surface area contributed by atoms with E-state index < -0.39 is 0 Å². The van der Waals surface area contributed by atoms with Crippen molar-refractivity contribution in [2.24, 2.45) is 0 Å². The molecule has 0 bridgehead atoms. The van der Waals surface area contributed by atoms with Gasteiger partial charge in [0.15, 0.2) is 5.82 Å². The molecule has 2 aromatic rings. The molecule has 0 saturated carbocycles. The first-order valence-electron chi connectivity index (χ1n) is 6.82. The van der Waals surface area contributed by atoms with Gasteiger partial charge in [-0.05, 0) is 42.8 Å². The number of hydrogen-bond donors (Lipinski definition) is 2. The Hall–Kier alpha value is -2.54. The van der Waals surface area contributed by atoms with Crippen molar-refractivity contribution in [3.8, 4) is 0 Å². The lowest BCUT2D eigenvalue weighted by Gasteiger charge is -2.06. The minimum Gasteiger partial charge on any atom is -0.385 e. The van der Waals surface area contributed by atoms with Crippen LogP contribution >= 0.6 is 0 Å². The predicted molar refractivity (Wildman–Crippen MR) is 81.4 cm³/mol. The third kappa shape index (κ3) is 4.78. The number of carbonyl (C=O) groups is 1. The van der Waals surface area contributed by atoms with Crippen LogP contribution in [0.5, 0.6) is 0 Å². The Bertz CT molecular complexity index is 602. The zero-order valence-corrected chi connectivity index (χ0v) is 12.2. The van der Waals surface area contributed by atoms with Gasteiger partial charge >= 0.3 is 0 Å². The smallest absolute Gasteiger partial charge is 0.256 e.